The molecule has 1 saturated heterocycles. The number of nitrogens with zero attached hydrogens (tertiary/aromatic N) is 1. The first-order valence-electron chi connectivity index (χ1n) is 6.60. The van der Waals surface area contributed by atoms with E-state index in [-0.39, 0.29) is 5.91 Å². The Hall–Kier alpha value is -1.09. The lowest BCUT2D eigenvalue weighted by atomic mass is 10.0. The maximum Gasteiger partial charge on any atom is 0.246 e. The molecular weight excluding hydrogens is 212 g/mol. The summed E-state index contributed by atoms with van der Waals surface area (Å²) in [5.74, 6) is 0.150. The molecule has 0 aromatic rings. The number of carbonyl (C=O) groups is 1. The Morgan fingerprint density at radius 2 is 2.06 bits per heavy atom. The monoisotopic (exact) mass is 236 g/mol. The Morgan fingerprint density at radius 3 is 2.65 bits per heavy atom. The van der Waals surface area contributed by atoms with E-state index in [1.54, 1.807) is 6.08 Å². The van der Waals surface area contributed by atoms with Crippen molar-refractivity contribution in [3.63, 3.8) is 0 Å². The normalized spacial score (nSPS) is 18.0. The number of nitrogens with one attached hydrogen (secondary N) is 1. The van der Waals surface area contributed by atoms with Crippen molar-refractivity contribution in [3.8, 4) is 0 Å². The van der Waals surface area contributed by atoms with E-state index >= 15 is 0 Å². The first kappa shape index (κ1) is 14.0. The van der Waals surface area contributed by atoms with Gasteiger partial charge in [0.05, 0.1) is 0 Å². The highest BCUT2D eigenvalue weighted by Crippen LogP contribution is 2.13. The zero-order valence-corrected chi connectivity index (χ0v) is 11.0. The molecule has 1 fully saturated rings. The lowest BCUT2D eigenvalue weighted by Gasteiger charge is -2.33. The van der Waals surface area contributed by atoms with Gasteiger partial charge in [-0.3, -0.25) is 4.79 Å². The predicted molar refractivity (Wildman–Crippen MR) is 71.8 cm³/mol. The van der Waals surface area contributed by atoms with Gasteiger partial charge >= 0.3 is 0 Å². The molecule has 96 valence electrons. The SMILES string of the molecule is C/C=C/C=C/C(=O)N(CCC)C1CCNCC1. The molecule has 0 aromatic carbocycles. The fraction of sp³-hybridized carbons (Fsp3) is 0.643. The van der Waals surface area contributed by atoms with E-state index in [0.29, 0.717) is 6.04 Å². The highest BCUT2D eigenvalue weighted by Gasteiger charge is 2.22. The molecule has 0 atom stereocenters. The van der Waals surface area contributed by atoms with Gasteiger partial charge in [-0.25, -0.2) is 0 Å². The highest BCUT2D eigenvalue weighted by molar-refractivity contribution is 5.88. The minimum absolute atomic E-state index is 0.150. The summed E-state index contributed by atoms with van der Waals surface area (Å²) < 4.78 is 0. The number of hydrogen-bond acceptors (Lipinski definition) is 2. The quantitative estimate of drug-likeness (QED) is 0.586. The third kappa shape index (κ3) is 4.73. The molecule has 0 bridgehead atoms. The van der Waals surface area contributed by atoms with Gasteiger partial charge in [0.25, 0.3) is 0 Å². The molecule has 3 nitrogen and oxygen atoms in total. The van der Waals surface area contributed by atoms with Crippen molar-refractivity contribution < 1.29 is 4.79 Å². The molecule has 0 unspecified atom stereocenters. The van der Waals surface area contributed by atoms with Gasteiger partial charge in [-0.15, -0.1) is 0 Å². The number of hydrogen-bond donors (Lipinski definition) is 1. The average Bonchev–Trinajstić information content (AvgIpc) is 2.37. The van der Waals surface area contributed by atoms with Crippen LogP contribution in [0.25, 0.3) is 0 Å². The van der Waals surface area contributed by atoms with Gasteiger partial charge in [-0.2, -0.15) is 0 Å². The van der Waals surface area contributed by atoms with Crippen molar-refractivity contribution in [2.75, 3.05) is 19.6 Å². The van der Waals surface area contributed by atoms with Crippen molar-refractivity contribution in [1.82, 2.24) is 10.2 Å². The van der Waals surface area contributed by atoms with Crippen LogP contribution < -0.4 is 5.32 Å². The van der Waals surface area contributed by atoms with Gasteiger partial charge in [0.2, 0.25) is 5.91 Å². The summed E-state index contributed by atoms with van der Waals surface area (Å²) in [5.41, 5.74) is 0. The second-order valence-electron chi connectivity index (χ2n) is 4.40. The first-order chi connectivity index (χ1) is 8.29. The van der Waals surface area contributed by atoms with Crippen molar-refractivity contribution in [3.05, 3.63) is 24.3 Å². The van der Waals surface area contributed by atoms with Gasteiger partial charge in [-0.1, -0.05) is 25.2 Å². The Kier molecular flexibility index (Phi) is 6.63. The Balaban J connectivity index is 2.59. The Bertz CT molecular complexity index is 278. The first-order valence-corrected chi connectivity index (χ1v) is 6.60. The van der Waals surface area contributed by atoms with Crippen LogP contribution in [0.1, 0.15) is 33.1 Å². The molecule has 1 rings (SSSR count). The maximum atomic E-state index is 12.1. The molecule has 3 heteroatoms. The third-order valence-corrected chi connectivity index (χ3v) is 3.04. The fourth-order valence-electron chi connectivity index (χ4n) is 2.18. The van der Waals surface area contributed by atoms with E-state index in [9.17, 15) is 4.79 Å². The van der Waals surface area contributed by atoms with Crippen molar-refractivity contribution >= 4 is 5.91 Å². The summed E-state index contributed by atoms with van der Waals surface area (Å²) in [6, 6.07) is 0.416. The fourth-order valence-corrected chi connectivity index (χ4v) is 2.18. The van der Waals surface area contributed by atoms with E-state index in [1.807, 2.05) is 30.1 Å². The largest absolute Gasteiger partial charge is 0.336 e. The van der Waals surface area contributed by atoms with Gasteiger partial charge in [0.15, 0.2) is 0 Å². The van der Waals surface area contributed by atoms with Crippen LogP contribution in [0.3, 0.4) is 0 Å². The number of rotatable bonds is 5. The molecule has 1 aliphatic heterocycles. The smallest absolute Gasteiger partial charge is 0.246 e. The molecule has 0 saturated carbocycles. The second kappa shape index (κ2) is 8.07. The number of piperidine rings is 1. The summed E-state index contributed by atoms with van der Waals surface area (Å²) in [6.45, 7) is 6.99. The Morgan fingerprint density at radius 1 is 1.35 bits per heavy atom. The topological polar surface area (TPSA) is 32.3 Å². The lowest BCUT2D eigenvalue weighted by Crippen LogP contribution is -2.45. The molecule has 17 heavy (non-hydrogen) atoms. The molecule has 0 spiro atoms. The van der Waals surface area contributed by atoms with E-state index in [0.717, 1.165) is 38.9 Å². The minimum Gasteiger partial charge on any atom is -0.336 e. The molecule has 0 aliphatic carbocycles. The molecular formula is C14H24N2O. The summed E-state index contributed by atoms with van der Waals surface area (Å²) in [7, 11) is 0. The van der Waals surface area contributed by atoms with Crippen LogP contribution in [0, 0.1) is 0 Å². The van der Waals surface area contributed by atoms with Gasteiger partial charge < -0.3 is 10.2 Å². The number of carbonyl (C=O) groups excluding carboxylic acids is 1. The second-order valence-corrected chi connectivity index (χ2v) is 4.40. The van der Waals surface area contributed by atoms with Crippen molar-refractivity contribution in [1.29, 1.82) is 0 Å². The summed E-state index contributed by atoms with van der Waals surface area (Å²) in [6.07, 6.45) is 10.5. The highest BCUT2D eigenvalue weighted by atomic mass is 16.2. The molecule has 1 amide bonds. The number of amides is 1. The molecule has 1 aliphatic rings. The van der Waals surface area contributed by atoms with E-state index < -0.39 is 0 Å². The zero-order chi connectivity index (χ0) is 12.5. The summed E-state index contributed by atoms with van der Waals surface area (Å²) >= 11 is 0. The van der Waals surface area contributed by atoms with Crippen molar-refractivity contribution in [2.45, 2.75) is 39.2 Å². The average molecular weight is 236 g/mol. The van der Waals surface area contributed by atoms with Crippen molar-refractivity contribution in [2.24, 2.45) is 0 Å². The molecule has 0 aromatic heterocycles. The summed E-state index contributed by atoms with van der Waals surface area (Å²) in [4.78, 5) is 14.1. The predicted octanol–water partition coefficient (Wildman–Crippen LogP) is 2.11. The van der Waals surface area contributed by atoms with E-state index in [1.165, 1.54) is 0 Å². The lowest BCUT2D eigenvalue weighted by molar-refractivity contribution is -0.128. The van der Waals surface area contributed by atoms with Crippen LogP contribution in [0.2, 0.25) is 0 Å². The standard InChI is InChI=1S/C14H24N2O/c1-3-5-6-7-14(17)16(12-4-2)13-8-10-15-11-9-13/h3,5-7,13,15H,4,8-12H2,1-2H3/b5-3+,7-6+. The van der Waals surface area contributed by atoms with Gasteiger partial charge in [-0.05, 0) is 39.3 Å². The summed E-state index contributed by atoms with van der Waals surface area (Å²) in [5, 5.41) is 3.34. The van der Waals surface area contributed by atoms with Gasteiger partial charge in [0, 0.05) is 18.7 Å². The molecule has 1 N–H and O–H groups in total. The van der Waals surface area contributed by atoms with E-state index in [4.69, 9.17) is 0 Å². The minimum atomic E-state index is 0.150. The Labute approximate surface area is 105 Å². The van der Waals surface area contributed by atoms with Crippen LogP contribution in [0.4, 0.5) is 0 Å². The van der Waals surface area contributed by atoms with Crippen LogP contribution in [-0.2, 0) is 4.79 Å². The third-order valence-electron chi connectivity index (χ3n) is 3.04. The van der Waals surface area contributed by atoms with Gasteiger partial charge in [0.1, 0.15) is 0 Å². The van der Waals surface area contributed by atoms with Crippen LogP contribution in [-0.4, -0.2) is 36.5 Å². The molecule has 0 radical (unpaired) electrons. The van der Waals surface area contributed by atoms with Crippen LogP contribution >= 0.6 is 0 Å². The zero-order valence-electron chi connectivity index (χ0n) is 11.0. The maximum absolute atomic E-state index is 12.1. The van der Waals surface area contributed by atoms with Crippen LogP contribution in [0.15, 0.2) is 24.3 Å². The van der Waals surface area contributed by atoms with Crippen LogP contribution in [0.5, 0.6) is 0 Å². The van der Waals surface area contributed by atoms with E-state index in [2.05, 4.69) is 12.2 Å². The number of allylic oxidation sites excluding steroid dienone is 3. The molecule has 1 heterocycles.